The Balaban J connectivity index is 2.18. The Kier molecular flexibility index (Phi) is 6.10. The largest absolute Gasteiger partial charge is 0.464 e. The number of amides is 1. The summed E-state index contributed by atoms with van der Waals surface area (Å²) in [6.45, 7) is 1.68. The summed E-state index contributed by atoms with van der Waals surface area (Å²) in [7, 11) is 0. The van der Waals surface area contributed by atoms with E-state index < -0.39 is 5.63 Å². The van der Waals surface area contributed by atoms with E-state index in [4.69, 9.17) is 31.9 Å². The monoisotopic (exact) mass is 370 g/mol. The van der Waals surface area contributed by atoms with E-state index in [9.17, 15) is 9.59 Å². The van der Waals surface area contributed by atoms with Gasteiger partial charge in [-0.3, -0.25) is 15.9 Å². The maximum atomic E-state index is 12.1. The molecule has 0 aliphatic rings. The Labute approximate surface area is 147 Å². The van der Waals surface area contributed by atoms with Crippen molar-refractivity contribution in [3.63, 3.8) is 0 Å². The molecule has 2 rings (SSSR count). The summed E-state index contributed by atoms with van der Waals surface area (Å²) in [6, 6.07) is 4.79. The van der Waals surface area contributed by atoms with Crippen molar-refractivity contribution in [2.24, 2.45) is 5.73 Å². The van der Waals surface area contributed by atoms with Gasteiger partial charge in [-0.2, -0.15) is 0 Å². The van der Waals surface area contributed by atoms with Crippen LogP contribution in [0.25, 0.3) is 10.8 Å². The third-order valence-electron chi connectivity index (χ3n) is 2.95. The number of fused-ring (bicyclic) bond motifs is 1. The smallest absolute Gasteiger partial charge is 0.346 e. The molecular weight excluding hydrogens is 354 g/mol. The minimum Gasteiger partial charge on any atom is -0.464 e. The first kappa shape index (κ1) is 18.2. The Morgan fingerprint density at radius 3 is 2.88 bits per heavy atom. The van der Waals surface area contributed by atoms with Gasteiger partial charge in [0.1, 0.15) is 5.02 Å². The molecule has 1 aromatic carbocycles. The van der Waals surface area contributed by atoms with Gasteiger partial charge >= 0.3 is 11.6 Å². The Morgan fingerprint density at radius 2 is 2.21 bits per heavy atom. The summed E-state index contributed by atoms with van der Waals surface area (Å²) in [5.41, 5.74) is 5.24. The van der Waals surface area contributed by atoms with Crippen LogP contribution < -0.4 is 26.8 Å². The molecule has 0 aliphatic heterocycles. The number of anilines is 1. The number of nitrogens with one attached hydrogen (secondary N) is 1. The average Bonchev–Trinajstić information content (AvgIpc) is 2.50. The second-order valence-electron chi connectivity index (χ2n) is 4.89. The van der Waals surface area contributed by atoms with E-state index in [-0.39, 0.29) is 22.3 Å². The number of amidine groups is 1. The summed E-state index contributed by atoms with van der Waals surface area (Å²) in [6.07, 6.45) is 0.655. The van der Waals surface area contributed by atoms with E-state index in [1.165, 1.54) is 24.8 Å². The molecule has 0 saturated carbocycles. The molecule has 0 bridgehead atoms. The van der Waals surface area contributed by atoms with Crippen LogP contribution in [0, 0.1) is 0 Å². The number of halogens is 1. The molecular formula is C15H17ClN3O4S+. The molecule has 9 heteroatoms. The van der Waals surface area contributed by atoms with Gasteiger partial charge in [0.15, 0.2) is 0 Å². The SMILES string of the molecule is CC(=O)Nc1ccc2c(Cl)c(OCCCSC(N)=[NH2+])oc(=O)c2c1. The molecule has 2 aromatic rings. The maximum absolute atomic E-state index is 12.1. The summed E-state index contributed by atoms with van der Waals surface area (Å²) in [5, 5.41) is 9.19. The quantitative estimate of drug-likeness (QED) is 0.396. The van der Waals surface area contributed by atoms with Crippen molar-refractivity contribution in [1.29, 1.82) is 0 Å². The Bertz CT molecular complexity index is 837. The molecule has 1 aromatic heterocycles. The van der Waals surface area contributed by atoms with E-state index in [0.717, 1.165) is 0 Å². The van der Waals surface area contributed by atoms with Crippen molar-refractivity contribution >= 4 is 50.9 Å². The summed E-state index contributed by atoms with van der Waals surface area (Å²) in [4.78, 5) is 23.2. The van der Waals surface area contributed by atoms with Crippen LogP contribution in [-0.4, -0.2) is 23.4 Å². The first-order valence-electron chi connectivity index (χ1n) is 7.06. The van der Waals surface area contributed by atoms with Crippen LogP contribution in [0.3, 0.4) is 0 Å². The number of hydrogen-bond acceptors (Lipinski definition) is 5. The topological polar surface area (TPSA) is 120 Å². The van der Waals surface area contributed by atoms with Crippen molar-refractivity contribution in [1.82, 2.24) is 0 Å². The van der Waals surface area contributed by atoms with Gasteiger partial charge in [-0.15, -0.1) is 0 Å². The van der Waals surface area contributed by atoms with Crippen LogP contribution in [-0.2, 0) is 4.79 Å². The van der Waals surface area contributed by atoms with Crippen molar-refractivity contribution in [3.05, 3.63) is 33.6 Å². The van der Waals surface area contributed by atoms with Gasteiger partial charge in [-0.25, -0.2) is 4.79 Å². The van der Waals surface area contributed by atoms with Gasteiger partial charge in [0.05, 0.1) is 12.0 Å². The van der Waals surface area contributed by atoms with Crippen LogP contribution in [0.1, 0.15) is 13.3 Å². The third kappa shape index (κ3) is 4.65. The lowest BCUT2D eigenvalue weighted by atomic mass is 10.1. The fraction of sp³-hybridized carbons (Fsp3) is 0.267. The number of benzene rings is 1. The fourth-order valence-corrected chi connectivity index (χ4v) is 2.74. The van der Waals surface area contributed by atoms with E-state index in [2.05, 4.69) is 5.32 Å². The molecule has 0 fully saturated rings. The molecule has 0 unspecified atom stereocenters. The van der Waals surface area contributed by atoms with Crippen LogP contribution >= 0.6 is 23.4 Å². The molecule has 24 heavy (non-hydrogen) atoms. The highest BCUT2D eigenvalue weighted by atomic mass is 35.5. The van der Waals surface area contributed by atoms with Crippen molar-refractivity contribution < 1.29 is 19.4 Å². The molecule has 0 aliphatic carbocycles. The van der Waals surface area contributed by atoms with Crippen molar-refractivity contribution in [2.45, 2.75) is 13.3 Å². The summed E-state index contributed by atoms with van der Waals surface area (Å²) < 4.78 is 10.6. The lowest BCUT2D eigenvalue weighted by molar-refractivity contribution is -0.114. The van der Waals surface area contributed by atoms with E-state index in [1.807, 2.05) is 0 Å². The highest BCUT2D eigenvalue weighted by Crippen LogP contribution is 2.32. The number of nitrogens with two attached hydrogens (primary N) is 2. The minimum atomic E-state index is -0.592. The van der Waals surface area contributed by atoms with Crippen LogP contribution in [0.2, 0.25) is 5.02 Å². The van der Waals surface area contributed by atoms with Gasteiger partial charge in [0.25, 0.3) is 5.17 Å². The summed E-state index contributed by atoms with van der Waals surface area (Å²) in [5.74, 6) is 0.409. The zero-order valence-corrected chi connectivity index (χ0v) is 14.5. The average molecular weight is 371 g/mol. The minimum absolute atomic E-state index is 0.0313. The van der Waals surface area contributed by atoms with Gasteiger partial charge in [0.2, 0.25) is 5.91 Å². The van der Waals surface area contributed by atoms with Crippen LogP contribution in [0.4, 0.5) is 5.69 Å². The number of ether oxygens (including phenoxy) is 1. The zero-order valence-electron chi connectivity index (χ0n) is 12.9. The first-order chi connectivity index (χ1) is 11.4. The zero-order chi connectivity index (χ0) is 17.7. The van der Waals surface area contributed by atoms with Gasteiger partial charge in [-0.05, 0) is 30.3 Å². The highest BCUT2D eigenvalue weighted by Gasteiger charge is 2.14. The molecule has 1 heterocycles. The Hall–Kier alpha value is -2.19. The first-order valence-corrected chi connectivity index (χ1v) is 8.42. The predicted molar refractivity (Wildman–Crippen MR) is 95.5 cm³/mol. The molecule has 5 N–H and O–H groups in total. The van der Waals surface area contributed by atoms with Crippen molar-refractivity contribution in [2.75, 3.05) is 17.7 Å². The molecule has 7 nitrogen and oxygen atoms in total. The number of thioether (sulfide) groups is 1. The van der Waals surface area contributed by atoms with Crippen LogP contribution in [0.5, 0.6) is 5.95 Å². The van der Waals surface area contributed by atoms with Gasteiger partial charge in [0, 0.05) is 23.8 Å². The number of carbonyl (C=O) groups is 1. The molecule has 0 radical (unpaired) electrons. The summed E-state index contributed by atoms with van der Waals surface area (Å²) >= 11 is 7.56. The van der Waals surface area contributed by atoms with E-state index in [1.54, 1.807) is 12.1 Å². The van der Waals surface area contributed by atoms with Crippen molar-refractivity contribution in [3.8, 4) is 5.95 Å². The highest BCUT2D eigenvalue weighted by molar-refractivity contribution is 8.13. The lowest BCUT2D eigenvalue weighted by Gasteiger charge is -2.09. The molecule has 128 valence electrons. The van der Waals surface area contributed by atoms with E-state index in [0.29, 0.717) is 35.0 Å². The second-order valence-corrected chi connectivity index (χ2v) is 6.43. The van der Waals surface area contributed by atoms with E-state index >= 15 is 0 Å². The lowest BCUT2D eigenvalue weighted by Crippen LogP contribution is -2.43. The van der Waals surface area contributed by atoms with Gasteiger partial charge < -0.3 is 14.5 Å². The maximum Gasteiger partial charge on any atom is 0.346 e. The number of hydrogen-bond donors (Lipinski definition) is 3. The molecule has 1 amide bonds. The fourth-order valence-electron chi connectivity index (χ4n) is 1.99. The normalized spacial score (nSPS) is 10.6. The molecule has 0 atom stereocenters. The third-order valence-corrected chi connectivity index (χ3v) is 4.14. The standard InChI is InChI=1S/C15H16ClN3O4S/c1-8(20)19-9-3-4-10-11(7-9)13(21)23-14(12(10)16)22-5-2-6-24-15(17)18/h3-4,7H,2,5-6H2,1H3,(H3,17,18)(H,19,20)/p+1. The predicted octanol–water partition coefficient (Wildman–Crippen LogP) is 0.981. The number of carbonyl (C=O) groups excluding carboxylic acids is 1. The molecule has 0 saturated heterocycles. The number of rotatable bonds is 6. The Morgan fingerprint density at radius 1 is 1.46 bits per heavy atom. The second kappa shape index (κ2) is 8.07. The van der Waals surface area contributed by atoms with Crippen LogP contribution in [0.15, 0.2) is 27.4 Å². The van der Waals surface area contributed by atoms with Gasteiger partial charge in [-0.1, -0.05) is 17.7 Å². The molecule has 0 spiro atoms.